The lowest BCUT2D eigenvalue weighted by Crippen LogP contribution is -2.22. The molecule has 7 heteroatoms. The number of nitrogens with zero attached hydrogens (tertiary/aromatic N) is 1. The molecule has 0 saturated carbocycles. The average molecular weight is 297 g/mol. The number of hydrogen-bond donors (Lipinski definition) is 1. The second-order valence-corrected chi connectivity index (χ2v) is 5.00. The van der Waals surface area contributed by atoms with E-state index in [1.165, 1.54) is 11.4 Å². The van der Waals surface area contributed by atoms with Crippen LogP contribution >= 0.6 is 22.9 Å². The quantitative estimate of drug-likeness (QED) is 0.695. The molecule has 0 spiro atoms. The Labute approximate surface area is 118 Å². The van der Waals surface area contributed by atoms with Crippen molar-refractivity contribution in [1.29, 1.82) is 0 Å². The Morgan fingerprint density at radius 2 is 2.16 bits per heavy atom. The predicted molar refractivity (Wildman–Crippen MR) is 73.6 cm³/mol. The fourth-order valence-electron chi connectivity index (χ4n) is 1.46. The van der Waals surface area contributed by atoms with Crippen molar-refractivity contribution in [3.05, 3.63) is 62.0 Å². The molecule has 0 aliphatic heterocycles. The van der Waals surface area contributed by atoms with Gasteiger partial charge in [0.25, 0.3) is 5.91 Å². The second-order valence-electron chi connectivity index (χ2n) is 3.70. The predicted octanol–water partition coefficient (Wildman–Crippen LogP) is 3.24. The van der Waals surface area contributed by atoms with E-state index in [1.807, 2.05) is 6.07 Å². The molecule has 1 amide bonds. The molecule has 0 bridgehead atoms. The number of hydrogen-bond acceptors (Lipinski definition) is 4. The monoisotopic (exact) mass is 296 g/mol. The van der Waals surface area contributed by atoms with Gasteiger partial charge in [-0.05, 0) is 11.6 Å². The van der Waals surface area contributed by atoms with E-state index in [4.69, 9.17) is 11.6 Å². The first-order valence-electron chi connectivity index (χ1n) is 5.32. The van der Waals surface area contributed by atoms with Gasteiger partial charge in [0.05, 0.1) is 10.5 Å². The first-order valence-corrected chi connectivity index (χ1v) is 6.58. The summed E-state index contributed by atoms with van der Waals surface area (Å²) in [6.07, 6.45) is 0. The van der Waals surface area contributed by atoms with Gasteiger partial charge in [-0.15, -0.1) is 0 Å². The van der Waals surface area contributed by atoms with Crippen molar-refractivity contribution in [2.45, 2.75) is 6.54 Å². The molecule has 0 saturated heterocycles. The van der Waals surface area contributed by atoms with Gasteiger partial charge >= 0.3 is 5.00 Å². The molecule has 1 N–H and O–H groups in total. The van der Waals surface area contributed by atoms with Crippen molar-refractivity contribution in [1.82, 2.24) is 5.32 Å². The highest BCUT2D eigenvalue weighted by atomic mass is 35.5. The smallest absolute Gasteiger partial charge is 0.324 e. The van der Waals surface area contributed by atoms with Crippen molar-refractivity contribution in [2.75, 3.05) is 0 Å². The minimum atomic E-state index is -0.518. The standard InChI is InChI=1S/C12H9ClN2O3S/c13-10-4-2-1-3-8(10)6-14-12(16)9-5-11(15(17)18)19-7-9/h1-5,7H,6H2,(H,14,16). The van der Waals surface area contributed by atoms with Gasteiger partial charge in [-0.25, -0.2) is 0 Å². The Balaban J connectivity index is 2.01. The number of nitrogens with one attached hydrogen (secondary N) is 1. The number of halogens is 1. The minimum absolute atomic E-state index is 0.0529. The van der Waals surface area contributed by atoms with Gasteiger partial charge in [-0.3, -0.25) is 14.9 Å². The first-order chi connectivity index (χ1) is 9.08. The molecule has 0 unspecified atom stereocenters. The summed E-state index contributed by atoms with van der Waals surface area (Å²) in [5.41, 5.74) is 1.07. The van der Waals surface area contributed by atoms with Crippen LogP contribution in [0.3, 0.4) is 0 Å². The Morgan fingerprint density at radius 3 is 2.79 bits per heavy atom. The molecular formula is C12H9ClN2O3S. The summed E-state index contributed by atoms with van der Waals surface area (Å²) in [6.45, 7) is 0.280. The first kappa shape index (κ1) is 13.5. The summed E-state index contributed by atoms with van der Waals surface area (Å²) in [4.78, 5) is 21.8. The lowest BCUT2D eigenvalue weighted by molar-refractivity contribution is -0.380. The third-order valence-electron chi connectivity index (χ3n) is 2.42. The van der Waals surface area contributed by atoms with E-state index in [0.29, 0.717) is 5.02 Å². The van der Waals surface area contributed by atoms with Crippen LogP contribution in [-0.2, 0) is 6.54 Å². The maximum atomic E-state index is 11.8. The van der Waals surface area contributed by atoms with Gasteiger partial charge < -0.3 is 5.32 Å². The molecule has 0 fully saturated rings. The molecule has 0 radical (unpaired) electrons. The minimum Gasteiger partial charge on any atom is -0.348 e. The summed E-state index contributed by atoms with van der Waals surface area (Å²) in [6, 6.07) is 8.42. The van der Waals surface area contributed by atoms with Crippen LogP contribution in [0.25, 0.3) is 0 Å². The zero-order valence-corrected chi connectivity index (χ0v) is 11.2. The van der Waals surface area contributed by atoms with Crippen LogP contribution in [0.1, 0.15) is 15.9 Å². The Kier molecular flexibility index (Phi) is 4.13. The number of rotatable bonds is 4. The summed E-state index contributed by atoms with van der Waals surface area (Å²) >= 11 is 6.89. The number of carbonyl (C=O) groups is 1. The normalized spacial score (nSPS) is 10.2. The van der Waals surface area contributed by atoms with Gasteiger partial charge in [0.1, 0.15) is 0 Å². The lowest BCUT2D eigenvalue weighted by atomic mass is 10.2. The largest absolute Gasteiger partial charge is 0.348 e. The van der Waals surface area contributed by atoms with Crippen molar-refractivity contribution < 1.29 is 9.72 Å². The summed E-state index contributed by atoms with van der Waals surface area (Å²) in [5.74, 6) is -0.357. The van der Waals surface area contributed by atoms with E-state index in [9.17, 15) is 14.9 Å². The average Bonchev–Trinajstić information content (AvgIpc) is 2.87. The van der Waals surface area contributed by atoms with E-state index in [2.05, 4.69) is 5.32 Å². The van der Waals surface area contributed by atoms with Gasteiger partial charge in [0.15, 0.2) is 0 Å². The summed E-state index contributed by atoms with van der Waals surface area (Å²) < 4.78 is 0. The van der Waals surface area contributed by atoms with Crippen LogP contribution in [0, 0.1) is 10.1 Å². The van der Waals surface area contributed by atoms with Crippen molar-refractivity contribution in [2.24, 2.45) is 0 Å². The fourth-order valence-corrected chi connectivity index (χ4v) is 2.37. The van der Waals surface area contributed by atoms with E-state index in [0.717, 1.165) is 16.9 Å². The van der Waals surface area contributed by atoms with E-state index in [1.54, 1.807) is 18.2 Å². The topological polar surface area (TPSA) is 72.2 Å². The molecule has 19 heavy (non-hydrogen) atoms. The van der Waals surface area contributed by atoms with Crippen molar-refractivity contribution in [3.63, 3.8) is 0 Å². The molecule has 98 valence electrons. The molecule has 1 aromatic heterocycles. The summed E-state index contributed by atoms with van der Waals surface area (Å²) in [5, 5.41) is 15.2. The zero-order valence-electron chi connectivity index (χ0n) is 9.63. The molecule has 1 aromatic carbocycles. The van der Waals surface area contributed by atoms with Gasteiger partial charge in [-0.2, -0.15) is 0 Å². The van der Waals surface area contributed by atoms with Gasteiger partial charge in [-0.1, -0.05) is 41.1 Å². The highest BCUT2D eigenvalue weighted by Crippen LogP contribution is 2.22. The number of amides is 1. The van der Waals surface area contributed by atoms with Crippen LogP contribution in [0.2, 0.25) is 5.02 Å². The van der Waals surface area contributed by atoms with E-state index in [-0.39, 0.29) is 23.0 Å². The lowest BCUT2D eigenvalue weighted by Gasteiger charge is -2.05. The molecular weight excluding hydrogens is 288 g/mol. The van der Waals surface area contributed by atoms with Crippen LogP contribution in [0.5, 0.6) is 0 Å². The number of thiophene rings is 1. The maximum Gasteiger partial charge on any atom is 0.324 e. The molecule has 1 heterocycles. The number of nitro groups is 1. The zero-order chi connectivity index (χ0) is 13.8. The van der Waals surface area contributed by atoms with E-state index >= 15 is 0 Å². The Morgan fingerprint density at radius 1 is 1.42 bits per heavy atom. The third-order valence-corrected chi connectivity index (χ3v) is 3.67. The summed E-state index contributed by atoms with van der Waals surface area (Å²) in [7, 11) is 0. The Bertz CT molecular complexity index is 627. The van der Waals surface area contributed by atoms with Crippen LogP contribution < -0.4 is 5.32 Å². The van der Waals surface area contributed by atoms with Crippen molar-refractivity contribution in [3.8, 4) is 0 Å². The number of carbonyl (C=O) groups excluding carboxylic acids is 1. The number of benzene rings is 1. The molecule has 0 atom stereocenters. The van der Waals surface area contributed by atoms with Crippen LogP contribution in [0.15, 0.2) is 35.7 Å². The molecule has 0 aliphatic rings. The SMILES string of the molecule is O=C(NCc1ccccc1Cl)c1csc([N+](=O)[O-])c1. The van der Waals surface area contributed by atoms with Crippen LogP contribution in [0.4, 0.5) is 5.00 Å². The Hall–Kier alpha value is -1.92. The second kappa shape index (κ2) is 5.81. The van der Waals surface area contributed by atoms with E-state index < -0.39 is 4.92 Å². The molecule has 5 nitrogen and oxygen atoms in total. The van der Waals surface area contributed by atoms with Gasteiger partial charge in [0.2, 0.25) is 0 Å². The molecule has 2 rings (SSSR count). The third kappa shape index (κ3) is 3.30. The maximum absolute atomic E-state index is 11.8. The van der Waals surface area contributed by atoms with Gasteiger partial charge in [0, 0.05) is 23.0 Å². The fraction of sp³-hybridized carbons (Fsp3) is 0.0833. The molecule has 0 aliphatic carbocycles. The highest BCUT2D eigenvalue weighted by Gasteiger charge is 2.14. The highest BCUT2D eigenvalue weighted by molar-refractivity contribution is 7.13. The van der Waals surface area contributed by atoms with Crippen LogP contribution in [-0.4, -0.2) is 10.8 Å². The van der Waals surface area contributed by atoms with Crippen molar-refractivity contribution >= 4 is 33.8 Å². The molecule has 2 aromatic rings.